The Morgan fingerprint density at radius 1 is 1.33 bits per heavy atom. The summed E-state index contributed by atoms with van der Waals surface area (Å²) in [5.41, 5.74) is 2.03. The van der Waals surface area contributed by atoms with Gasteiger partial charge in [-0.25, -0.2) is 0 Å². The maximum absolute atomic E-state index is 4.46. The zero-order chi connectivity index (χ0) is 13.3. The van der Waals surface area contributed by atoms with Gasteiger partial charge in [0.05, 0.1) is 5.69 Å². The average Bonchev–Trinajstić information content (AvgIpc) is 2.67. The second kappa shape index (κ2) is 4.65. The van der Waals surface area contributed by atoms with Gasteiger partial charge in [-0.1, -0.05) is 20.8 Å². The molecule has 0 aromatic carbocycles. The lowest BCUT2D eigenvalue weighted by atomic mass is 9.84. The van der Waals surface area contributed by atoms with Crippen LogP contribution in [-0.2, 0) is 6.42 Å². The quantitative estimate of drug-likeness (QED) is 0.895. The van der Waals surface area contributed by atoms with Gasteiger partial charge in [0.25, 0.3) is 0 Å². The van der Waals surface area contributed by atoms with Crippen molar-refractivity contribution in [1.29, 1.82) is 0 Å². The number of likely N-dealkylation sites (N-methyl/N-ethyl adjacent to an activating group) is 1. The predicted octanol–water partition coefficient (Wildman–Crippen LogP) is 1.61. The third-order valence-corrected chi connectivity index (χ3v) is 3.36. The van der Waals surface area contributed by atoms with Crippen molar-refractivity contribution in [3.05, 3.63) is 23.9 Å². The van der Waals surface area contributed by atoms with Crippen molar-refractivity contribution in [3.63, 3.8) is 0 Å². The Balaban J connectivity index is 2.37. The van der Waals surface area contributed by atoms with E-state index in [1.807, 2.05) is 30.8 Å². The second-order valence-corrected chi connectivity index (χ2v) is 5.73. The summed E-state index contributed by atoms with van der Waals surface area (Å²) in [7, 11) is 1.99. The van der Waals surface area contributed by atoms with Crippen LogP contribution in [0.2, 0.25) is 0 Å². The van der Waals surface area contributed by atoms with Gasteiger partial charge in [0.1, 0.15) is 5.82 Å². The van der Waals surface area contributed by atoms with Gasteiger partial charge in [0.2, 0.25) is 0 Å². The number of nitrogens with zero attached hydrogens (tertiary/aromatic N) is 4. The molecule has 2 heterocycles. The molecule has 5 nitrogen and oxygen atoms in total. The van der Waals surface area contributed by atoms with E-state index in [-0.39, 0.29) is 5.41 Å². The molecule has 2 rings (SSSR count). The summed E-state index contributed by atoms with van der Waals surface area (Å²) in [6.45, 7) is 8.62. The summed E-state index contributed by atoms with van der Waals surface area (Å²) in [5.74, 6) is 0.894. The number of hydrogen-bond acceptors (Lipinski definition) is 4. The third-order valence-electron chi connectivity index (χ3n) is 3.36. The molecular formula is C13H21N5. The summed E-state index contributed by atoms with van der Waals surface area (Å²) in [6.07, 6.45) is 4.57. The van der Waals surface area contributed by atoms with Crippen molar-refractivity contribution in [3.8, 4) is 0 Å². The molecule has 2 aromatic heterocycles. The lowest BCUT2D eigenvalue weighted by molar-refractivity contribution is 0.278. The molecule has 98 valence electrons. The van der Waals surface area contributed by atoms with Crippen LogP contribution in [0.3, 0.4) is 0 Å². The Morgan fingerprint density at radius 3 is 2.67 bits per heavy atom. The van der Waals surface area contributed by atoms with Crippen molar-refractivity contribution >= 4 is 5.65 Å². The fraction of sp³-hybridized carbons (Fsp3) is 0.615. The van der Waals surface area contributed by atoms with Crippen LogP contribution in [0, 0.1) is 12.3 Å². The van der Waals surface area contributed by atoms with Gasteiger partial charge in [-0.3, -0.25) is 9.38 Å². The highest BCUT2D eigenvalue weighted by Crippen LogP contribution is 2.22. The van der Waals surface area contributed by atoms with Gasteiger partial charge in [-0.15, -0.1) is 10.2 Å². The summed E-state index contributed by atoms with van der Waals surface area (Å²) in [4.78, 5) is 4.46. The van der Waals surface area contributed by atoms with Crippen LogP contribution in [-0.4, -0.2) is 32.7 Å². The zero-order valence-corrected chi connectivity index (χ0v) is 11.7. The van der Waals surface area contributed by atoms with E-state index >= 15 is 0 Å². The maximum atomic E-state index is 4.46. The molecular weight excluding hydrogens is 226 g/mol. The third kappa shape index (κ3) is 2.36. The lowest BCUT2D eigenvalue weighted by Crippen LogP contribution is -2.40. The molecule has 0 amide bonds. The standard InChI is InChI=1S/C13H21N5/c1-9-16-17-12-10(15-6-7-18(9)12)8-11(14-5)13(2,3)4/h6-7,11,14H,8H2,1-5H3. The first-order chi connectivity index (χ1) is 8.43. The predicted molar refractivity (Wildman–Crippen MR) is 71.5 cm³/mol. The molecule has 0 aliphatic heterocycles. The smallest absolute Gasteiger partial charge is 0.182 e. The van der Waals surface area contributed by atoms with Crippen LogP contribution in [0.4, 0.5) is 0 Å². The Kier molecular flexibility index (Phi) is 3.34. The van der Waals surface area contributed by atoms with E-state index in [4.69, 9.17) is 0 Å². The molecule has 0 saturated carbocycles. The van der Waals surface area contributed by atoms with Gasteiger partial charge in [-0.2, -0.15) is 0 Å². The molecule has 5 heteroatoms. The fourth-order valence-electron chi connectivity index (χ4n) is 2.17. The average molecular weight is 247 g/mol. The molecule has 0 saturated heterocycles. The number of rotatable bonds is 3. The molecule has 0 radical (unpaired) electrons. The van der Waals surface area contributed by atoms with Crippen LogP contribution in [0.5, 0.6) is 0 Å². The SMILES string of the molecule is CNC(Cc1nccn2c(C)nnc12)C(C)(C)C. The number of aryl methyl sites for hydroxylation is 1. The monoisotopic (exact) mass is 247 g/mol. The van der Waals surface area contributed by atoms with Gasteiger partial charge < -0.3 is 5.32 Å². The Labute approximate surface area is 108 Å². The van der Waals surface area contributed by atoms with Crippen LogP contribution < -0.4 is 5.32 Å². The van der Waals surface area contributed by atoms with Crippen LogP contribution in [0.25, 0.3) is 5.65 Å². The van der Waals surface area contributed by atoms with E-state index in [0.717, 1.165) is 23.6 Å². The molecule has 0 spiro atoms. The zero-order valence-electron chi connectivity index (χ0n) is 11.7. The highest BCUT2D eigenvalue weighted by Gasteiger charge is 2.24. The van der Waals surface area contributed by atoms with Crippen molar-refractivity contribution in [2.45, 2.75) is 40.2 Å². The van der Waals surface area contributed by atoms with E-state index in [9.17, 15) is 0 Å². The summed E-state index contributed by atoms with van der Waals surface area (Å²) >= 11 is 0. The molecule has 1 atom stereocenters. The first kappa shape index (κ1) is 13.0. The topological polar surface area (TPSA) is 55.1 Å². The second-order valence-electron chi connectivity index (χ2n) is 5.73. The highest BCUT2D eigenvalue weighted by atomic mass is 15.2. The van der Waals surface area contributed by atoms with Crippen molar-refractivity contribution in [1.82, 2.24) is 24.9 Å². The minimum absolute atomic E-state index is 0.179. The van der Waals surface area contributed by atoms with Gasteiger partial charge in [0.15, 0.2) is 5.65 Å². The molecule has 18 heavy (non-hydrogen) atoms. The van der Waals surface area contributed by atoms with Crippen LogP contribution in [0.1, 0.15) is 32.3 Å². The molecule has 0 aliphatic rings. The normalized spacial score (nSPS) is 14.1. The van der Waals surface area contributed by atoms with Crippen molar-refractivity contribution < 1.29 is 0 Å². The summed E-state index contributed by atoms with van der Waals surface area (Å²) in [6, 6.07) is 0.355. The van der Waals surface area contributed by atoms with Gasteiger partial charge in [0, 0.05) is 24.9 Å². The van der Waals surface area contributed by atoms with E-state index in [0.29, 0.717) is 6.04 Å². The molecule has 0 bridgehead atoms. The number of nitrogens with one attached hydrogen (secondary N) is 1. The first-order valence-electron chi connectivity index (χ1n) is 6.26. The molecule has 2 aromatic rings. The van der Waals surface area contributed by atoms with Crippen molar-refractivity contribution in [2.75, 3.05) is 7.05 Å². The van der Waals surface area contributed by atoms with Crippen LogP contribution in [0.15, 0.2) is 12.4 Å². The molecule has 0 fully saturated rings. The first-order valence-corrected chi connectivity index (χ1v) is 6.26. The molecule has 1 unspecified atom stereocenters. The molecule has 0 aliphatic carbocycles. The van der Waals surface area contributed by atoms with Crippen molar-refractivity contribution in [2.24, 2.45) is 5.41 Å². The number of aromatic nitrogens is 4. The minimum Gasteiger partial charge on any atom is -0.316 e. The Morgan fingerprint density at radius 2 is 2.06 bits per heavy atom. The molecule has 1 N–H and O–H groups in total. The van der Waals surface area contributed by atoms with E-state index in [1.54, 1.807) is 0 Å². The number of fused-ring (bicyclic) bond motifs is 1. The fourth-order valence-corrected chi connectivity index (χ4v) is 2.17. The Bertz CT molecular complexity index is 538. The largest absolute Gasteiger partial charge is 0.316 e. The van der Waals surface area contributed by atoms with E-state index < -0.39 is 0 Å². The summed E-state index contributed by atoms with van der Waals surface area (Å²) < 4.78 is 1.98. The van der Waals surface area contributed by atoms with E-state index in [1.165, 1.54) is 0 Å². The minimum atomic E-state index is 0.179. The van der Waals surface area contributed by atoms with E-state index in [2.05, 4.69) is 41.3 Å². The Hall–Kier alpha value is -1.49. The highest BCUT2D eigenvalue weighted by molar-refractivity contribution is 5.43. The summed E-state index contributed by atoms with van der Waals surface area (Å²) in [5, 5.41) is 11.7. The maximum Gasteiger partial charge on any atom is 0.182 e. The van der Waals surface area contributed by atoms with Crippen LogP contribution >= 0.6 is 0 Å². The van der Waals surface area contributed by atoms with Gasteiger partial charge >= 0.3 is 0 Å². The lowest BCUT2D eigenvalue weighted by Gasteiger charge is -2.30. The number of hydrogen-bond donors (Lipinski definition) is 1. The van der Waals surface area contributed by atoms with Gasteiger partial charge in [-0.05, 0) is 19.4 Å².